The lowest BCUT2D eigenvalue weighted by atomic mass is 10.1. The smallest absolute Gasteiger partial charge is 0.233 e. The van der Waals surface area contributed by atoms with E-state index < -0.39 is 0 Å². The molecule has 1 aromatic heterocycles. The Morgan fingerprint density at radius 2 is 2.06 bits per heavy atom. The van der Waals surface area contributed by atoms with Gasteiger partial charge < -0.3 is 10.6 Å². The zero-order valence-electron chi connectivity index (χ0n) is 9.58. The summed E-state index contributed by atoms with van der Waals surface area (Å²) in [6.45, 7) is 1.55. The molecule has 17 heavy (non-hydrogen) atoms. The van der Waals surface area contributed by atoms with E-state index in [9.17, 15) is 4.79 Å². The molecule has 0 atom stereocenters. The molecule has 5 nitrogen and oxygen atoms in total. The number of thioether (sulfide) groups is 1. The SMILES string of the molecule is NC1CCN(C(=O)CSc2ncccn2)CC1. The van der Waals surface area contributed by atoms with Gasteiger partial charge in [0.15, 0.2) is 5.16 Å². The van der Waals surface area contributed by atoms with Crippen LogP contribution in [0.2, 0.25) is 0 Å². The van der Waals surface area contributed by atoms with Crippen LogP contribution in [0.1, 0.15) is 12.8 Å². The number of rotatable bonds is 3. The fourth-order valence-electron chi connectivity index (χ4n) is 1.73. The maximum atomic E-state index is 11.9. The van der Waals surface area contributed by atoms with Crippen LogP contribution in [0.25, 0.3) is 0 Å². The second-order valence-electron chi connectivity index (χ2n) is 4.04. The monoisotopic (exact) mass is 252 g/mol. The summed E-state index contributed by atoms with van der Waals surface area (Å²) in [5, 5.41) is 0.648. The van der Waals surface area contributed by atoms with E-state index in [-0.39, 0.29) is 11.9 Å². The van der Waals surface area contributed by atoms with Gasteiger partial charge in [0.25, 0.3) is 0 Å². The van der Waals surface area contributed by atoms with E-state index in [4.69, 9.17) is 5.73 Å². The average molecular weight is 252 g/mol. The minimum atomic E-state index is 0.148. The highest BCUT2D eigenvalue weighted by molar-refractivity contribution is 7.99. The fraction of sp³-hybridized carbons (Fsp3) is 0.545. The molecule has 1 aliphatic rings. The van der Waals surface area contributed by atoms with Gasteiger partial charge >= 0.3 is 0 Å². The Hall–Kier alpha value is -1.14. The van der Waals surface area contributed by atoms with Crippen molar-refractivity contribution in [2.24, 2.45) is 5.73 Å². The number of aromatic nitrogens is 2. The highest BCUT2D eigenvalue weighted by Crippen LogP contribution is 2.14. The molecule has 0 spiro atoms. The van der Waals surface area contributed by atoms with E-state index in [0.29, 0.717) is 10.9 Å². The number of hydrogen-bond donors (Lipinski definition) is 1. The van der Waals surface area contributed by atoms with Gasteiger partial charge in [-0.15, -0.1) is 0 Å². The van der Waals surface area contributed by atoms with E-state index in [0.717, 1.165) is 25.9 Å². The van der Waals surface area contributed by atoms with Gasteiger partial charge in [-0.25, -0.2) is 9.97 Å². The number of nitrogens with zero attached hydrogens (tertiary/aromatic N) is 3. The molecule has 0 saturated carbocycles. The average Bonchev–Trinajstić information content (AvgIpc) is 2.38. The van der Waals surface area contributed by atoms with Crippen molar-refractivity contribution in [2.45, 2.75) is 24.0 Å². The molecule has 2 heterocycles. The summed E-state index contributed by atoms with van der Waals surface area (Å²) in [5.41, 5.74) is 5.80. The zero-order chi connectivity index (χ0) is 12.1. The maximum Gasteiger partial charge on any atom is 0.233 e. The Balaban J connectivity index is 1.78. The number of carbonyl (C=O) groups is 1. The standard InChI is InChI=1S/C11H16N4OS/c12-9-2-6-15(7-3-9)10(16)8-17-11-13-4-1-5-14-11/h1,4-5,9H,2-3,6-8,12H2. The van der Waals surface area contributed by atoms with Crippen LogP contribution in [-0.4, -0.2) is 45.7 Å². The molecule has 1 aliphatic heterocycles. The van der Waals surface area contributed by atoms with E-state index >= 15 is 0 Å². The quantitative estimate of drug-likeness (QED) is 0.627. The van der Waals surface area contributed by atoms with Gasteiger partial charge in [-0.3, -0.25) is 4.79 Å². The highest BCUT2D eigenvalue weighted by Gasteiger charge is 2.20. The van der Waals surface area contributed by atoms with Crippen molar-refractivity contribution in [1.29, 1.82) is 0 Å². The normalized spacial score (nSPS) is 17.1. The van der Waals surface area contributed by atoms with Crippen LogP contribution in [-0.2, 0) is 4.79 Å². The van der Waals surface area contributed by atoms with Crippen LogP contribution in [0.4, 0.5) is 0 Å². The first-order valence-electron chi connectivity index (χ1n) is 5.69. The van der Waals surface area contributed by atoms with Crippen molar-refractivity contribution in [2.75, 3.05) is 18.8 Å². The van der Waals surface area contributed by atoms with Crippen LogP contribution in [0.3, 0.4) is 0 Å². The first-order valence-corrected chi connectivity index (χ1v) is 6.67. The van der Waals surface area contributed by atoms with Crippen LogP contribution in [0, 0.1) is 0 Å². The topological polar surface area (TPSA) is 72.1 Å². The summed E-state index contributed by atoms with van der Waals surface area (Å²) in [6, 6.07) is 2.02. The predicted octanol–water partition coefficient (Wildman–Crippen LogP) is 0.518. The van der Waals surface area contributed by atoms with Crippen LogP contribution in [0.5, 0.6) is 0 Å². The third-order valence-electron chi connectivity index (χ3n) is 2.76. The summed E-state index contributed by atoms with van der Waals surface area (Å²) in [7, 11) is 0. The van der Waals surface area contributed by atoms with Crippen LogP contribution < -0.4 is 5.73 Å². The maximum absolute atomic E-state index is 11.9. The third-order valence-corrected chi connectivity index (χ3v) is 3.62. The first kappa shape index (κ1) is 12.3. The fourth-order valence-corrected chi connectivity index (χ4v) is 2.43. The lowest BCUT2D eigenvalue weighted by Gasteiger charge is -2.30. The number of hydrogen-bond acceptors (Lipinski definition) is 5. The van der Waals surface area contributed by atoms with Gasteiger partial charge in [0, 0.05) is 31.5 Å². The van der Waals surface area contributed by atoms with Gasteiger partial charge in [0.05, 0.1) is 5.75 Å². The lowest BCUT2D eigenvalue weighted by molar-refractivity contribution is -0.129. The van der Waals surface area contributed by atoms with Crippen molar-refractivity contribution in [3.8, 4) is 0 Å². The van der Waals surface area contributed by atoms with Crippen LogP contribution in [0.15, 0.2) is 23.6 Å². The number of amides is 1. The largest absolute Gasteiger partial charge is 0.342 e. The summed E-state index contributed by atoms with van der Waals surface area (Å²) in [6.07, 6.45) is 5.16. The molecule has 0 radical (unpaired) electrons. The molecular weight excluding hydrogens is 236 g/mol. The molecule has 0 aromatic carbocycles. The summed E-state index contributed by atoms with van der Waals surface area (Å²) < 4.78 is 0. The van der Waals surface area contributed by atoms with E-state index in [1.165, 1.54) is 11.8 Å². The molecular formula is C11H16N4OS. The summed E-state index contributed by atoms with van der Waals surface area (Å²) in [4.78, 5) is 21.9. The Kier molecular flexibility index (Phi) is 4.33. The van der Waals surface area contributed by atoms with E-state index in [2.05, 4.69) is 9.97 Å². The van der Waals surface area contributed by atoms with Crippen molar-refractivity contribution < 1.29 is 4.79 Å². The number of likely N-dealkylation sites (tertiary alicyclic amines) is 1. The summed E-state index contributed by atoms with van der Waals surface area (Å²) >= 11 is 1.38. The second-order valence-corrected chi connectivity index (χ2v) is 4.98. The third kappa shape index (κ3) is 3.67. The van der Waals surface area contributed by atoms with E-state index in [1.54, 1.807) is 18.5 Å². The minimum absolute atomic E-state index is 0.148. The van der Waals surface area contributed by atoms with Crippen molar-refractivity contribution in [3.63, 3.8) is 0 Å². The first-order chi connectivity index (χ1) is 8.25. The molecule has 1 fully saturated rings. The number of piperidine rings is 1. The Morgan fingerprint density at radius 1 is 1.41 bits per heavy atom. The van der Waals surface area contributed by atoms with Gasteiger partial charge in [-0.1, -0.05) is 11.8 Å². The van der Waals surface area contributed by atoms with Crippen molar-refractivity contribution in [3.05, 3.63) is 18.5 Å². The predicted molar refractivity (Wildman–Crippen MR) is 66.5 cm³/mol. The lowest BCUT2D eigenvalue weighted by Crippen LogP contribution is -2.43. The minimum Gasteiger partial charge on any atom is -0.342 e. The molecule has 1 amide bonds. The van der Waals surface area contributed by atoms with Gasteiger partial charge in [-0.2, -0.15) is 0 Å². The molecule has 2 N–H and O–H groups in total. The van der Waals surface area contributed by atoms with Gasteiger partial charge in [0.2, 0.25) is 5.91 Å². The van der Waals surface area contributed by atoms with Crippen molar-refractivity contribution >= 4 is 17.7 Å². The molecule has 0 unspecified atom stereocenters. The molecule has 2 rings (SSSR count). The second kappa shape index (κ2) is 5.97. The molecule has 6 heteroatoms. The Labute approximate surface area is 105 Å². The molecule has 1 saturated heterocycles. The molecule has 0 bridgehead atoms. The van der Waals surface area contributed by atoms with E-state index in [1.807, 2.05) is 4.90 Å². The Bertz CT molecular complexity index is 365. The van der Waals surface area contributed by atoms with Gasteiger partial charge in [-0.05, 0) is 18.9 Å². The summed E-state index contributed by atoms with van der Waals surface area (Å²) in [5.74, 6) is 0.550. The highest BCUT2D eigenvalue weighted by atomic mass is 32.2. The number of carbonyl (C=O) groups excluding carboxylic acids is 1. The molecule has 0 aliphatic carbocycles. The van der Waals surface area contributed by atoms with Crippen LogP contribution >= 0.6 is 11.8 Å². The molecule has 92 valence electrons. The molecule has 1 aromatic rings. The van der Waals surface area contributed by atoms with Gasteiger partial charge in [0.1, 0.15) is 0 Å². The van der Waals surface area contributed by atoms with Crippen molar-refractivity contribution in [1.82, 2.24) is 14.9 Å². The zero-order valence-corrected chi connectivity index (χ0v) is 10.4. The Morgan fingerprint density at radius 3 is 2.71 bits per heavy atom. The number of nitrogens with two attached hydrogens (primary N) is 1.